The van der Waals surface area contributed by atoms with Crippen LogP contribution in [0.15, 0.2) is 40.8 Å². The Morgan fingerprint density at radius 2 is 1.83 bits per heavy atom. The summed E-state index contributed by atoms with van der Waals surface area (Å²) in [4.78, 5) is 13.1. The first kappa shape index (κ1) is 19.0. The van der Waals surface area contributed by atoms with Crippen molar-refractivity contribution in [3.05, 3.63) is 58.5 Å². The fourth-order valence-electron chi connectivity index (χ4n) is 6.25. The van der Waals surface area contributed by atoms with Gasteiger partial charge in [-0.05, 0) is 99.1 Å². The molecule has 0 amide bonds. The molecule has 0 aliphatic heterocycles. The highest BCUT2D eigenvalue weighted by atomic mass is 35.5. The van der Waals surface area contributed by atoms with E-state index in [1.807, 2.05) is 43.3 Å². The number of benzene rings is 1. The number of halogens is 1. The van der Waals surface area contributed by atoms with Crippen LogP contribution in [0.5, 0.6) is 5.75 Å². The zero-order valence-corrected chi connectivity index (χ0v) is 17.6. The zero-order valence-electron chi connectivity index (χ0n) is 16.8. The molecule has 6 rings (SSSR count). The summed E-state index contributed by atoms with van der Waals surface area (Å²) in [7, 11) is 0. The number of allylic oxidation sites excluding steroid dienone is 1. The van der Waals surface area contributed by atoms with E-state index >= 15 is 0 Å². The predicted molar refractivity (Wildman–Crippen MR) is 114 cm³/mol. The molecule has 0 spiro atoms. The lowest BCUT2D eigenvalue weighted by atomic mass is 9.48. The van der Waals surface area contributed by atoms with Crippen molar-refractivity contribution in [3.8, 4) is 5.75 Å². The summed E-state index contributed by atoms with van der Waals surface area (Å²) in [5.41, 5.74) is 0.899. The van der Waals surface area contributed by atoms with Gasteiger partial charge in [-0.3, -0.25) is 4.79 Å². The molecule has 4 fully saturated rings. The van der Waals surface area contributed by atoms with E-state index in [4.69, 9.17) is 20.8 Å². The minimum Gasteiger partial charge on any atom is -0.484 e. The summed E-state index contributed by atoms with van der Waals surface area (Å²) in [5, 5.41) is 0.595. The normalized spacial score (nSPS) is 30.2. The van der Waals surface area contributed by atoms with Crippen molar-refractivity contribution in [2.45, 2.75) is 52.1 Å². The fraction of sp³-hybridized carbons (Fsp3) is 0.480. The number of carbonyl (C=O) groups is 1. The van der Waals surface area contributed by atoms with Gasteiger partial charge >= 0.3 is 0 Å². The van der Waals surface area contributed by atoms with Crippen molar-refractivity contribution in [3.63, 3.8) is 0 Å². The molecule has 4 aliphatic carbocycles. The van der Waals surface area contributed by atoms with Gasteiger partial charge in [-0.1, -0.05) is 23.7 Å². The van der Waals surface area contributed by atoms with Gasteiger partial charge in [-0.2, -0.15) is 0 Å². The van der Waals surface area contributed by atoms with Gasteiger partial charge in [0.25, 0.3) is 0 Å². The van der Waals surface area contributed by atoms with Gasteiger partial charge in [0.05, 0.1) is 5.02 Å². The first-order valence-corrected chi connectivity index (χ1v) is 11.1. The second-order valence-corrected chi connectivity index (χ2v) is 9.78. The van der Waals surface area contributed by atoms with E-state index in [9.17, 15) is 4.79 Å². The third kappa shape index (κ3) is 3.66. The molecule has 1 aromatic carbocycles. The zero-order chi connectivity index (χ0) is 20.0. The summed E-state index contributed by atoms with van der Waals surface area (Å²) >= 11 is 6.21. The van der Waals surface area contributed by atoms with Crippen LogP contribution in [0.25, 0.3) is 6.08 Å². The van der Waals surface area contributed by atoms with E-state index in [1.165, 1.54) is 19.3 Å². The minimum absolute atomic E-state index is 0.0919. The monoisotopic (exact) mass is 410 g/mol. The number of para-hydroxylation sites is 1. The van der Waals surface area contributed by atoms with Crippen molar-refractivity contribution >= 4 is 23.5 Å². The van der Waals surface area contributed by atoms with Gasteiger partial charge in [-0.15, -0.1) is 0 Å². The molecule has 4 heteroatoms. The topological polar surface area (TPSA) is 39.4 Å². The lowest BCUT2D eigenvalue weighted by Gasteiger charge is -2.55. The SMILES string of the molecule is Cc1cccc(Cl)c1OCc1ccc(/C=C/C(=O)C23CC4CC(CC(C4)C2)C3)o1. The largest absolute Gasteiger partial charge is 0.484 e. The van der Waals surface area contributed by atoms with E-state index < -0.39 is 0 Å². The summed E-state index contributed by atoms with van der Waals surface area (Å²) in [5.74, 6) is 4.72. The molecule has 4 saturated carbocycles. The summed E-state index contributed by atoms with van der Waals surface area (Å²) < 4.78 is 11.7. The van der Waals surface area contributed by atoms with Crippen LogP contribution in [0.4, 0.5) is 0 Å². The molecule has 2 aromatic rings. The Labute approximate surface area is 177 Å². The third-order valence-corrected chi connectivity index (χ3v) is 7.46. The van der Waals surface area contributed by atoms with Crippen LogP contribution in [-0.2, 0) is 11.4 Å². The first-order valence-electron chi connectivity index (χ1n) is 10.7. The van der Waals surface area contributed by atoms with Crippen molar-refractivity contribution in [1.82, 2.24) is 0 Å². The number of rotatable bonds is 6. The Morgan fingerprint density at radius 3 is 2.48 bits per heavy atom. The number of furan rings is 1. The van der Waals surface area contributed by atoms with Crippen LogP contribution in [0.3, 0.4) is 0 Å². The van der Waals surface area contributed by atoms with Crippen LogP contribution in [0, 0.1) is 30.1 Å². The van der Waals surface area contributed by atoms with E-state index in [-0.39, 0.29) is 5.41 Å². The van der Waals surface area contributed by atoms with Gasteiger partial charge in [-0.25, -0.2) is 0 Å². The van der Waals surface area contributed by atoms with Crippen molar-refractivity contribution in [2.24, 2.45) is 23.2 Å². The molecule has 3 nitrogen and oxygen atoms in total. The molecule has 4 bridgehead atoms. The van der Waals surface area contributed by atoms with Gasteiger partial charge in [0.15, 0.2) is 5.78 Å². The number of hydrogen-bond donors (Lipinski definition) is 0. The van der Waals surface area contributed by atoms with Crippen molar-refractivity contribution in [2.75, 3.05) is 0 Å². The van der Waals surface area contributed by atoms with Gasteiger partial charge in [0, 0.05) is 5.41 Å². The highest BCUT2D eigenvalue weighted by molar-refractivity contribution is 6.32. The molecule has 1 aromatic heterocycles. The minimum atomic E-state index is -0.0919. The predicted octanol–water partition coefficient (Wildman–Crippen LogP) is 6.62. The molecule has 152 valence electrons. The molecule has 1 heterocycles. The highest BCUT2D eigenvalue weighted by Crippen LogP contribution is 2.60. The van der Waals surface area contributed by atoms with E-state index in [1.54, 1.807) is 6.08 Å². The molecular formula is C25H27ClO3. The summed E-state index contributed by atoms with van der Waals surface area (Å²) in [6.45, 7) is 2.27. The Balaban J connectivity index is 1.23. The number of hydrogen-bond acceptors (Lipinski definition) is 3. The Hall–Kier alpha value is -2.00. The van der Waals surface area contributed by atoms with Crippen LogP contribution >= 0.6 is 11.6 Å². The summed E-state index contributed by atoms with van der Waals surface area (Å²) in [6, 6.07) is 9.47. The second-order valence-electron chi connectivity index (χ2n) is 9.37. The number of ether oxygens (including phenoxy) is 1. The Bertz CT molecular complexity index is 899. The lowest BCUT2D eigenvalue weighted by molar-refractivity contribution is -0.138. The molecule has 4 aliphatic rings. The van der Waals surface area contributed by atoms with E-state index in [2.05, 4.69) is 0 Å². The molecule has 0 N–H and O–H groups in total. The summed E-state index contributed by atoms with van der Waals surface area (Å²) in [6.07, 6.45) is 10.9. The average Bonchev–Trinajstić information content (AvgIpc) is 3.12. The van der Waals surface area contributed by atoms with Gasteiger partial charge < -0.3 is 9.15 Å². The second kappa shape index (κ2) is 7.36. The maximum atomic E-state index is 13.1. The molecule has 0 unspecified atom stereocenters. The number of ketones is 1. The maximum Gasteiger partial charge on any atom is 0.161 e. The Morgan fingerprint density at radius 1 is 1.14 bits per heavy atom. The number of aryl methyl sites for hydroxylation is 1. The van der Waals surface area contributed by atoms with E-state index in [0.29, 0.717) is 34.7 Å². The van der Waals surface area contributed by atoms with Crippen molar-refractivity contribution in [1.29, 1.82) is 0 Å². The quantitative estimate of drug-likeness (QED) is 0.502. The maximum absolute atomic E-state index is 13.1. The highest BCUT2D eigenvalue weighted by Gasteiger charge is 2.53. The molecule has 0 radical (unpaired) electrons. The molecule has 0 atom stereocenters. The molecule has 29 heavy (non-hydrogen) atoms. The van der Waals surface area contributed by atoms with Crippen LogP contribution in [0.2, 0.25) is 5.02 Å². The molecular weight excluding hydrogens is 384 g/mol. The number of carbonyl (C=O) groups excluding carboxylic acids is 1. The van der Waals surface area contributed by atoms with Gasteiger partial charge in [0.2, 0.25) is 0 Å². The average molecular weight is 411 g/mol. The van der Waals surface area contributed by atoms with Crippen molar-refractivity contribution < 1.29 is 13.9 Å². The molecule has 0 saturated heterocycles. The van der Waals surface area contributed by atoms with Crippen LogP contribution in [-0.4, -0.2) is 5.78 Å². The standard InChI is InChI=1S/C25H27ClO3/c1-16-3-2-4-22(26)24(16)28-15-21-6-5-20(29-21)7-8-23(27)25-12-17-9-18(13-25)11-19(10-17)14-25/h2-8,17-19H,9-15H2,1H3/b8-7+. The van der Waals surface area contributed by atoms with E-state index in [0.717, 1.165) is 42.6 Å². The third-order valence-electron chi connectivity index (χ3n) is 7.16. The van der Waals surface area contributed by atoms with Crippen LogP contribution in [0.1, 0.15) is 55.6 Å². The smallest absolute Gasteiger partial charge is 0.161 e. The van der Waals surface area contributed by atoms with Crippen LogP contribution < -0.4 is 4.74 Å². The first-order chi connectivity index (χ1) is 14.0. The fourth-order valence-corrected chi connectivity index (χ4v) is 6.53. The van der Waals surface area contributed by atoms with Gasteiger partial charge in [0.1, 0.15) is 23.9 Å². The lowest BCUT2D eigenvalue weighted by Crippen LogP contribution is -2.49. The Kier molecular flexibility index (Phi) is 4.82.